The molecule has 3 aromatic rings. The fourth-order valence-corrected chi connectivity index (χ4v) is 2.67. The molecule has 0 saturated heterocycles. The molecule has 0 aromatic carbocycles. The minimum absolute atomic E-state index is 0.132. The van der Waals surface area contributed by atoms with Crippen LogP contribution in [0.25, 0.3) is 0 Å². The standard InChI is InChI=1S/C19H22N6O2/c1-4-24-10-15(23-12-24)9-22-18(26)17-13(2)5-6-25(19(17)27)11-16-8-20-14(3)7-21-16/h5-8,10,12H,4,9,11H2,1-3H3,(H,22,26). The molecule has 0 bridgehead atoms. The lowest BCUT2D eigenvalue weighted by molar-refractivity contribution is 0.0947. The van der Waals surface area contributed by atoms with Gasteiger partial charge in [-0.25, -0.2) is 4.98 Å². The van der Waals surface area contributed by atoms with Crippen LogP contribution in [-0.4, -0.2) is 30.0 Å². The lowest BCUT2D eigenvalue weighted by Crippen LogP contribution is -2.34. The number of aryl methyl sites for hydroxylation is 3. The van der Waals surface area contributed by atoms with E-state index in [1.54, 1.807) is 37.9 Å². The second-order valence-corrected chi connectivity index (χ2v) is 6.33. The summed E-state index contributed by atoms with van der Waals surface area (Å²) < 4.78 is 3.39. The molecule has 0 radical (unpaired) electrons. The zero-order chi connectivity index (χ0) is 19.4. The molecule has 0 fully saturated rings. The van der Waals surface area contributed by atoms with Gasteiger partial charge in [0.25, 0.3) is 11.5 Å². The Balaban J connectivity index is 1.78. The molecule has 0 aliphatic rings. The summed E-state index contributed by atoms with van der Waals surface area (Å²) >= 11 is 0. The third kappa shape index (κ3) is 4.28. The van der Waals surface area contributed by atoms with Crippen molar-refractivity contribution in [3.8, 4) is 0 Å². The van der Waals surface area contributed by atoms with E-state index in [2.05, 4.69) is 20.3 Å². The average Bonchev–Trinajstić information content (AvgIpc) is 3.12. The summed E-state index contributed by atoms with van der Waals surface area (Å²) in [4.78, 5) is 38.1. The lowest BCUT2D eigenvalue weighted by Gasteiger charge is -2.10. The maximum Gasteiger partial charge on any atom is 0.264 e. The van der Waals surface area contributed by atoms with Gasteiger partial charge < -0.3 is 14.5 Å². The number of hydrogen-bond acceptors (Lipinski definition) is 5. The van der Waals surface area contributed by atoms with Crippen molar-refractivity contribution in [1.29, 1.82) is 0 Å². The molecular weight excluding hydrogens is 344 g/mol. The largest absolute Gasteiger partial charge is 0.346 e. The molecule has 1 N–H and O–H groups in total. The van der Waals surface area contributed by atoms with Gasteiger partial charge in [-0.1, -0.05) is 0 Å². The molecule has 3 aromatic heterocycles. The van der Waals surface area contributed by atoms with Crippen LogP contribution in [0.15, 0.2) is 42.0 Å². The van der Waals surface area contributed by atoms with Gasteiger partial charge in [0, 0.05) is 25.1 Å². The van der Waals surface area contributed by atoms with Crippen molar-refractivity contribution in [1.82, 2.24) is 29.4 Å². The lowest BCUT2D eigenvalue weighted by atomic mass is 10.1. The Labute approximate surface area is 156 Å². The minimum Gasteiger partial charge on any atom is -0.346 e. The van der Waals surface area contributed by atoms with E-state index in [0.717, 1.165) is 17.9 Å². The highest BCUT2D eigenvalue weighted by Gasteiger charge is 2.16. The van der Waals surface area contributed by atoms with Crippen LogP contribution < -0.4 is 10.9 Å². The molecule has 0 saturated carbocycles. The average molecular weight is 366 g/mol. The van der Waals surface area contributed by atoms with Crippen LogP contribution in [0.4, 0.5) is 0 Å². The first-order chi connectivity index (χ1) is 13.0. The van der Waals surface area contributed by atoms with E-state index in [9.17, 15) is 9.59 Å². The molecule has 8 heteroatoms. The van der Waals surface area contributed by atoms with Crippen molar-refractivity contribution >= 4 is 5.91 Å². The third-order valence-electron chi connectivity index (χ3n) is 4.25. The smallest absolute Gasteiger partial charge is 0.264 e. The Kier molecular flexibility index (Phi) is 5.44. The number of imidazole rings is 1. The van der Waals surface area contributed by atoms with E-state index in [4.69, 9.17) is 0 Å². The summed E-state index contributed by atoms with van der Waals surface area (Å²) in [5.41, 5.74) is 2.61. The molecule has 140 valence electrons. The van der Waals surface area contributed by atoms with Gasteiger partial charge >= 0.3 is 0 Å². The van der Waals surface area contributed by atoms with E-state index in [1.165, 1.54) is 4.57 Å². The van der Waals surface area contributed by atoms with Crippen LogP contribution in [0.2, 0.25) is 0 Å². The molecule has 27 heavy (non-hydrogen) atoms. The Morgan fingerprint density at radius 3 is 2.63 bits per heavy atom. The summed E-state index contributed by atoms with van der Waals surface area (Å²) in [6, 6.07) is 1.75. The minimum atomic E-state index is -0.409. The molecule has 0 unspecified atom stereocenters. The van der Waals surface area contributed by atoms with Crippen LogP contribution in [0.1, 0.15) is 39.9 Å². The SMILES string of the molecule is CCn1cnc(CNC(=O)c2c(C)ccn(Cc3cnc(C)cn3)c2=O)c1. The van der Waals surface area contributed by atoms with Crippen LogP contribution in [0.3, 0.4) is 0 Å². The first kappa shape index (κ1) is 18.5. The fraction of sp³-hybridized carbons (Fsp3) is 0.316. The van der Waals surface area contributed by atoms with Crippen molar-refractivity contribution in [3.05, 3.63) is 75.7 Å². The normalized spacial score (nSPS) is 10.8. The maximum atomic E-state index is 12.8. The highest BCUT2D eigenvalue weighted by atomic mass is 16.2. The van der Waals surface area contributed by atoms with E-state index in [0.29, 0.717) is 11.3 Å². The quantitative estimate of drug-likeness (QED) is 0.712. The molecule has 3 heterocycles. The monoisotopic (exact) mass is 366 g/mol. The molecular formula is C19H22N6O2. The number of aromatic nitrogens is 5. The van der Waals surface area contributed by atoms with E-state index in [1.807, 2.05) is 24.6 Å². The molecule has 0 spiro atoms. The van der Waals surface area contributed by atoms with Gasteiger partial charge in [-0.3, -0.25) is 19.6 Å². The third-order valence-corrected chi connectivity index (χ3v) is 4.25. The van der Waals surface area contributed by atoms with Crippen LogP contribution in [0.5, 0.6) is 0 Å². The highest BCUT2D eigenvalue weighted by Crippen LogP contribution is 2.05. The van der Waals surface area contributed by atoms with Gasteiger partial charge in [0.2, 0.25) is 0 Å². The van der Waals surface area contributed by atoms with Crippen molar-refractivity contribution in [2.24, 2.45) is 0 Å². The van der Waals surface area contributed by atoms with Crippen LogP contribution >= 0.6 is 0 Å². The first-order valence-corrected chi connectivity index (χ1v) is 8.74. The number of amides is 1. The fourth-order valence-electron chi connectivity index (χ4n) is 2.67. The topological polar surface area (TPSA) is 94.7 Å². The first-order valence-electron chi connectivity index (χ1n) is 8.74. The van der Waals surface area contributed by atoms with Crippen LogP contribution in [0, 0.1) is 13.8 Å². The molecule has 3 rings (SSSR count). The van der Waals surface area contributed by atoms with Crippen LogP contribution in [-0.2, 0) is 19.6 Å². The second kappa shape index (κ2) is 7.94. The van der Waals surface area contributed by atoms with Gasteiger partial charge in [0.05, 0.1) is 42.7 Å². The Bertz CT molecular complexity index is 1000. The van der Waals surface area contributed by atoms with E-state index >= 15 is 0 Å². The summed E-state index contributed by atoms with van der Waals surface area (Å²) in [5, 5.41) is 2.78. The second-order valence-electron chi connectivity index (χ2n) is 6.33. The summed E-state index contributed by atoms with van der Waals surface area (Å²) in [6.45, 7) is 6.94. The van der Waals surface area contributed by atoms with Gasteiger partial charge in [-0.2, -0.15) is 0 Å². The van der Waals surface area contributed by atoms with Gasteiger partial charge in [0.1, 0.15) is 5.56 Å². The van der Waals surface area contributed by atoms with E-state index < -0.39 is 5.91 Å². The Hall–Kier alpha value is -3.29. The number of pyridine rings is 1. The van der Waals surface area contributed by atoms with Gasteiger partial charge in [-0.15, -0.1) is 0 Å². The zero-order valence-electron chi connectivity index (χ0n) is 15.6. The molecule has 1 amide bonds. The predicted molar refractivity (Wildman–Crippen MR) is 100 cm³/mol. The van der Waals surface area contributed by atoms with E-state index in [-0.39, 0.29) is 24.2 Å². The zero-order valence-corrected chi connectivity index (χ0v) is 15.6. The molecule has 0 atom stereocenters. The summed E-state index contributed by atoms with van der Waals surface area (Å²) in [6.07, 6.45) is 8.53. The number of rotatable bonds is 6. The number of carbonyl (C=O) groups is 1. The van der Waals surface area contributed by atoms with Gasteiger partial charge in [-0.05, 0) is 32.4 Å². The molecule has 8 nitrogen and oxygen atoms in total. The number of hydrogen-bond donors (Lipinski definition) is 1. The summed E-state index contributed by atoms with van der Waals surface area (Å²) in [7, 11) is 0. The number of carbonyl (C=O) groups excluding carboxylic acids is 1. The number of nitrogens with one attached hydrogen (secondary N) is 1. The van der Waals surface area contributed by atoms with Gasteiger partial charge in [0.15, 0.2) is 0 Å². The number of nitrogens with zero attached hydrogens (tertiary/aromatic N) is 5. The van der Waals surface area contributed by atoms with Crippen molar-refractivity contribution < 1.29 is 4.79 Å². The Morgan fingerprint density at radius 1 is 1.15 bits per heavy atom. The molecule has 0 aliphatic carbocycles. The predicted octanol–water partition coefficient (Wildman–Crippen LogP) is 1.45. The van der Waals surface area contributed by atoms with Crippen molar-refractivity contribution in [2.45, 2.75) is 40.4 Å². The van der Waals surface area contributed by atoms with Crippen molar-refractivity contribution in [3.63, 3.8) is 0 Å². The maximum absolute atomic E-state index is 12.8. The summed E-state index contributed by atoms with van der Waals surface area (Å²) in [5.74, 6) is -0.409. The van der Waals surface area contributed by atoms with Crippen molar-refractivity contribution in [2.75, 3.05) is 0 Å². The highest BCUT2D eigenvalue weighted by molar-refractivity contribution is 5.95. The Morgan fingerprint density at radius 2 is 1.96 bits per heavy atom. The molecule has 0 aliphatic heterocycles.